The third-order valence-electron chi connectivity index (χ3n) is 4.74. The van der Waals surface area contributed by atoms with E-state index in [0.29, 0.717) is 35.1 Å². The lowest BCUT2D eigenvalue weighted by Crippen LogP contribution is -2.46. The maximum absolute atomic E-state index is 12.8. The van der Waals surface area contributed by atoms with E-state index in [-0.39, 0.29) is 10.7 Å². The van der Waals surface area contributed by atoms with Crippen LogP contribution in [0.3, 0.4) is 0 Å². The van der Waals surface area contributed by atoms with E-state index in [9.17, 15) is 13.2 Å². The molecule has 1 aliphatic rings. The maximum atomic E-state index is 12.8. The minimum absolute atomic E-state index is 0.0234. The molecule has 0 amide bonds. The predicted molar refractivity (Wildman–Crippen MR) is 119 cm³/mol. The van der Waals surface area contributed by atoms with Gasteiger partial charge in [-0.05, 0) is 62.6 Å². The van der Waals surface area contributed by atoms with E-state index in [1.54, 1.807) is 42.5 Å². The van der Waals surface area contributed by atoms with Crippen molar-refractivity contribution in [2.24, 2.45) is 0 Å². The molecule has 3 rings (SSSR count). The number of carbonyl (C=O) groups is 1. The summed E-state index contributed by atoms with van der Waals surface area (Å²) in [7, 11) is -1.51. The monoisotopic (exact) mass is 432 g/mol. The van der Waals surface area contributed by atoms with Crippen molar-refractivity contribution in [1.29, 1.82) is 0 Å². The van der Waals surface area contributed by atoms with Crippen LogP contribution < -0.4 is 10.6 Å². The molecular formula is C20H24N4O3S2. The van der Waals surface area contributed by atoms with Gasteiger partial charge in [0, 0.05) is 43.1 Å². The number of likely N-dealkylation sites (N-methyl/N-ethyl adjacent to an activating group) is 1. The molecule has 0 unspecified atom stereocenters. The van der Waals surface area contributed by atoms with E-state index in [2.05, 4.69) is 15.5 Å². The lowest BCUT2D eigenvalue weighted by molar-refractivity contribution is 0.101. The number of nitrogens with zero attached hydrogens (tertiary/aromatic N) is 2. The van der Waals surface area contributed by atoms with Crippen molar-refractivity contribution in [2.45, 2.75) is 11.8 Å². The smallest absolute Gasteiger partial charge is 0.243 e. The quantitative estimate of drug-likeness (QED) is 0.555. The van der Waals surface area contributed by atoms with Gasteiger partial charge in [0.2, 0.25) is 10.0 Å². The molecule has 1 fully saturated rings. The van der Waals surface area contributed by atoms with Crippen LogP contribution in [-0.2, 0) is 10.0 Å². The molecule has 1 saturated heterocycles. The number of hydrogen-bond donors (Lipinski definition) is 2. The third-order valence-corrected chi connectivity index (χ3v) is 6.86. The summed E-state index contributed by atoms with van der Waals surface area (Å²) < 4.78 is 27.1. The van der Waals surface area contributed by atoms with Crippen molar-refractivity contribution in [2.75, 3.05) is 43.9 Å². The lowest BCUT2D eigenvalue weighted by atomic mass is 10.1. The normalized spacial score (nSPS) is 15.7. The largest absolute Gasteiger partial charge is 0.332 e. The predicted octanol–water partition coefficient (Wildman–Crippen LogP) is 2.63. The molecule has 2 N–H and O–H groups in total. The Morgan fingerprint density at radius 2 is 1.59 bits per heavy atom. The number of hydrogen-bond acceptors (Lipinski definition) is 5. The van der Waals surface area contributed by atoms with Crippen molar-refractivity contribution in [3.8, 4) is 0 Å². The van der Waals surface area contributed by atoms with Gasteiger partial charge in [0.25, 0.3) is 0 Å². The van der Waals surface area contributed by atoms with Gasteiger partial charge in [-0.1, -0.05) is 12.1 Å². The first-order chi connectivity index (χ1) is 13.8. The molecule has 0 aliphatic carbocycles. The number of sulfonamides is 1. The Morgan fingerprint density at radius 1 is 0.966 bits per heavy atom. The number of Topliss-reactive ketones (excluding diaryl/α,β-unsaturated/α-hetero) is 1. The zero-order valence-corrected chi connectivity index (χ0v) is 18.0. The molecule has 0 aromatic heterocycles. The zero-order chi connectivity index (χ0) is 21.0. The van der Waals surface area contributed by atoms with Crippen molar-refractivity contribution < 1.29 is 13.2 Å². The van der Waals surface area contributed by atoms with Crippen LogP contribution in [0, 0.1) is 0 Å². The average Bonchev–Trinajstić information content (AvgIpc) is 2.69. The highest BCUT2D eigenvalue weighted by molar-refractivity contribution is 7.89. The lowest BCUT2D eigenvalue weighted by Gasteiger charge is -2.31. The molecule has 0 radical (unpaired) electrons. The molecule has 2 aromatic carbocycles. The minimum atomic E-state index is -3.49. The first-order valence-electron chi connectivity index (χ1n) is 9.23. The van der Waals surface area contributed by atoms with Crippen LogP contribution in [0.5, 0.6) is 0 Å². The molecule has 0 atom stereocenters. The van der Waals surface area contributed by atoms with Gasteiger partial charge in [0.05, 0.1) is 4.90 Å². The summed E-state index contributed by atoms with van der Waals surface area (Å²) in [4.78, 5) is 13.9. The molecule has 9 heteroatoms. The van der Waals surface area contributed by atoms with Gasteiger partial charge in [-0.15, -0.1) is 0 Å². The topological polar surface area (TPSA) is 81.8 Å². The summed E-state index contributed by atoms with van der Waals surface area (Å²) in [6, 6.07) is 13.6. The Kier molecular flexibility index (Phi) is 6.63. The van der Waals surface area contributed by atoms with Gasteiger partial charge >= 0.3 is 0 Å². The number of rotatable bonds is 5. The van der Waals surface area contributed by atoms with Crippen LogP contribution in [0.25, 0.3) is 0 Å². The van der Waals surface area contributed by atoms with E-state index >= 15 is 0 Å². The number of anilines is 2. The Hall–Kier alpha value is -2.33. The zero-order valence-electron chi connectivity index (χ0n) is 16.4. The molecule has 0 saturated carbocycles. The van der Waals surface area contributed by atoms with Crippen LogP contribution in [0.2, 0.25) is 0 Å². The van der Waals surface area contributed by atoms with Crippen molar-refractivity contribution in [3.63, 3.8) is 0 Å². The van der Waals surface area contributed by atoms with Gasteiger partial charge in [0.1, 0.15) is 0 Å². The Balaban J connectivity index is 1.63. The summed E-state index contributed by atoms with van der Waals surface area (Å²) in [5.41, 5.74) is 1.96. The SMILES string of the molecule is CC(=O)c1cccc(NC(=S)Nc2ccc(S(=O)(=O)N3CCN(C)CC3)cc2)c1. The highest BCUT2D eigenvalue weighted by atomic mass is 32.2. The van der Waals surface area contributed by atoms with Crippen LogP contribution >= 0.6 is 12.2 Å². The molecule has 7 nitrogen and oxygen atoms in total. The van der Waals surface area contributed by atoms with Crippen LogP contribution in [0.1, 0.15) is 17.3 Å². The molecule has 1 aliphatic heterocycles. The highest BCUT2D eigenvalue weighted by Crippen LogP contribution is 2.20. The van der Waals surface area contributed by atoms with Gasteiger partial charge < -0.3 is 15.5 Å². The Bertz CT molecular complexity index is 999. The summed E-state index contributed by atoms with van der Waals surface area (Å²) in [6.07, 6.45) is 0. The summed E-state index contributed by atoms with van der Waals surface area (Å²) in [5.74, 6) is -0.0234. The Labute approximate surface area is 176 Å². The second-order valence-electron chi connectivity index (χ2n) is 6.95. The van der Waals surface area contributed by atoms with Crippen LogP contribution in [0.4, 0.5) is 11.4 Å². The van der Waals surface area contributed by atoms with E-state index < -0.39 is 10.0 Å². The van der Waals surface area contributed by atoms with Crippen LogP contribution in [0.15, 0.2) is 53.4 Å². The second kappa shape index (κ2) is 9.00. The number of benzene rings is 2. The van der Waals surface area contributed by atoms with Crippen molar-refractivity contribution in [3.05, 3.63) is 54.1 Å². The van der Waals surface area contributed by atoms with E-state index in [1.165, 1.54) is 11.2 Å². The van der Waals surface area contributed by atoms with E-state index in [4.69, 9.17) is 12.2 Å². The highest BCUT2D eigenvalue weighted by Gasteiger charge is 2.27. The molecule has 0 spiro atoms. The van der Waals surface area contributed by atoms with Gasteiger partial charge in [-0.2, -0.15) is 4.31 Å². The first kappa shape index (κ1) is 21.4. The summed E-state index contributed by atoms with van der Waals surface area (Å²) in [5, 5.41) is 6.39. The number of piperazine rings is 1. The first-order valence-corrected chi connectivity index (χ1v) is 11.1. The summed E-state index contributed by atoms with van der Waals surface area (Å²) >= 11 is 5.31. The number of nitrogens with one attached hydrogen (secondary N) is 2. The van der Waals surface area contributed by atoms with Gasteiger partial charge in [-0.3, -0.25) is 4.79 Å². The van der Waals surface area contributed by atoms with Gasteiger partial charge in [-0.25, -0.2) is 8.42 Å². The standard InChI is InChI=1S/C20H24N4O3S2/c1-15(25)16-4-3-5-18(14-16)22-20(28)21-17-6-8-19(9-7-17)29(26,27)24-12-10-23(2)11-13-24/h3-9,14H,10-13H2,1-2H3,(H2,21,22,28). The molecule has 29 heavy (non-hydrogen) atoms. The number of thiocarbonyl (C=S) groups is 1. The van der Waals surface area contributed by atoms with Crippen molar-refractivity contribution in [1.82, 2.24) is 9.21 Å². The fourth-order valence-corrected chi connectivity index (χ4v) is 4.66. The van der Waals surface area contributed by atoms with Crippen molar-refractivity contribution >= 4 is 44.5 Å². The van der Waals surface area contributed by atoms with E-state index in [1.807, 2.05) is 13.1 Å². The molecular weight excluding hydrogens is 408 g/mol. The summed E-state index contributed by atoms with van der Waals surface area (Å²) in [6.45, 7) is 3.94. The van der Waals surface area contributed by atoms with E-state index in [0.717, 1.165) is 13.1 Å². The second-order valence-corrected chi connectivity index (χ2v) is 9.29. The molecule has 1 heterocycles. The molecule has 154 valence electrons. The maximum Gasteiger partial charge on any atom is 0.243 e. The fraction of sp³-hybridized carbons (Fsp3) is 0.300. The van der Waals surface area contributed by atoms with Crippen LogP contribution in [-0.4, -0.2) is 61.7 Å². The number of carbonyl (C=O) groups excluding carboxylic acids is 1. The average molecular weight is 433 g/mol. The minimum Gasteiger partial charge on any atom is -0.332 e. The molecule has 2 aromatic rings. The fourth-order valence-electron chi connectivity index (χ4n) is 3.00. The molecule has 0 bridgehead atoms. The number of ketones is 1. The third kappa shape index (κ3) is 5.39. The van der Waals surface area contributed by atoms with Gasteiger partial charge in [0.15, 0.2) is 10.9 Å². The Morgan fingerprint density at radius 3 is 2.21 bits per heavy atom.